The van der Waals surface area contributed by atoms with E-state index >= 15 is 0 Å². The lowest BCUT2D eigenvalue weighted by atomic mass is 10.2. The standard InChI is InChI=1S/C13H17N3O3S/c1-9-11(10(2)19-15-9)8-16(3)20(17,18)13-7-5-4-6-12(13)14/h4-7H,8,14H2,1-3H3. The van der Waals surface area contributed by atoms with Crippen LogP contribution in [-0.4, -0.2) is 24.9 Å². The highest BCUT2D eigenvalue weighted by molar-refractivity contribution is 7.89. The molecule has 7 heteroatoms. The minimum Gasteiger partial charge on any atom is -0.398 e. The van der Waals surface area contributed by atoms with E-state index in [1.807, 2.05) is 0 Å². The van der Waals surface area contributed by atoms with Gasteiger partial charge in [0.2, 0.25) is 10.0 Å². The molecule has 6 nitrogen and oxygen atoms in total. The van der Waals surface area contributed by atoms with Crippen LogP contribution < -0.4 is 5.73 Å². The summed E-state index contributed by atoms with van der Waals surface area (Å²) in [4.78, 5) is 0.106. The predicted octanol–water partition coefficient (Wildman–Crippen LogP) is 1.69. The van der Waals surface area contributed by atoms with E-state index in [9.17, 15) is 8.42 Å². The Bertz CT molecular complexity index is 703. The van der Waals surface area contributed by atoms with Gasteiger partial charge in [-0.1, -0.05) is 17.3 Å². The van der Waals surface area contributed by atoms with Crippen LogP contribution in [0.2, 0.25) is 0 Å². The quantitative estimate of drug-likeness (QED) is 0.867. The third kappa shape index (κ3) is 2.54. The number of nitrogens with zero attached hydrogens (tertiary/aromatic N) is 2. The fraction of sp³-hybridized carbons (Fsp3) is 0.308. The van der Waals surface area contributed by atoms with E-state index in [-0.39, 0.29) is 17.1 Å². The number of sulfonamides is 1. The van der Waals surface area contributed by atoms with Gasteiger partial charge in [-0.3, -0.25) is 0 Å². The maximum atomic E-state index is 12.5. The number of nitrogens with two attached hydrogens (primary N) is 1. The zero-order valence-corrected chi connectivity index (χ0v) is 12.4. The molecular formula is C13H17N3O3S. The molecule has 20 heavy (non-hydrogen) atoms. The molecule has 0 radical (unpaired) electrons. The van der Waals surface area contributed by atoms with Gasteiger partial charge in [-0.25, -0.2) is 8.42 Å². The molecule has 0 amide bonds. The van der Waals surface area contributed by atoms with E-state index in [4.69, 9.17) is 10.3 Å². The van der Waals surface area contributed by atoms with Gasteiger partial charge in [-0.2, -0.15) is 4.31 Å². The summed E-state index contributed by atoms with van der Waals surface area (Å²) in [5.41, 5.74) is 7.43. The second kappa shape index (κ2) is 5.26. The number of hydrogen-bond acceptors (Lipinski definition) is 5. The van der Waals surface area contributed by atoms with Crippen LogP contribution >= 0.6 is 0 Å². The molecule has 0 unspecified atom stereocenters. The zero-order valence-electron chi connectivity index (χ0n) is 11.6. The van der Waals surface area contributed by atoms with E-state index in [1.165, 1.54) is 17.4 Å². The average molecular weight is 295 g/mol. The number of nitrogen functional groups attached to an aromatic ring is 1. The number of rotatable bonds is 4. The summed E-state index contributed by atoms with van der Waals surface area (Å²) >= 11 is 0. The summed E-state index contributed by atoms with van der Waals surface area (Å²) < 4.78 is 31.3. The van der Waals surface area contributed by atoms with Crippen LogP contribution in [0.1, 0.15) is 17.0 Å². The molecule has 0 aliphatic carbocycles. The van der Waals surface area contributed by atoms with E-state index in [2.05, 4.69) is 5.16 Å². The van der Waals surface area contributed by atoms with Gasteiger partial charge in [0.1, 0.15) is 10.7 Å². The summed E-state index contributed by atoms with van der Waals surface area (Å²) in [6, 6.07) is 6.40. The molecule has 0 spiro atoms. The third-order valence-corrected chi connectivity index (χ3v) is 5.05. The normalized spacial score (nSPS) is 12.0. The number of para-hydroxylation sites is 1. The Morgan fingerprint density at radius 1 is 1.30 bits per heavy atom. The number of hydrogen-bond donors (Lipinski definition) is 1. The van der Waals surface area contributed by atoms with E-state index in [1.54, 1.807) is 32.0 Å². The van der Waals surface area contributed by atoms with Crippen LogP contribution in [0.3, 0.4) is 0 Å². The summed E-state index contributed by atoms with van der Waals surface area (Å²) in [5, 5.41) is 3.82. The van der Waals surface area contributed by atoms with Crippen molar-refractivity contribution in [1.82, 2.24) is 9.46 Å². The monoisotopic (exact) mass is 295 g/mol. The largest absolute Gasteiger partial charge is 0.398 e. The van der Waals surface area contributed by atoms with Crippen molar-refractivity contribution >= 4 is 15.7 Å². The van der Waals surface area contributed by atoms with E-state index < -0.39 is 10.0 Å². The molecule has 1 aromatic heterocycles. The Morgan fingerprint density at radius 2 is 1.95 bits per heavy atom. The van der Waals surface area contributed by atoms with Gasteiger partial charge in [0.05, 0.1) is 11.4 Å². The molecular weight excluding hydrogens is 278 g/mol. The average Bonchev–Trinajstić information content (AvgIpc) is 2.70. The van der Waals surface area contributed by atoms with Crippen LogP contribution in [0.15, 0.2) is 33.7 Å². The van der Waals surface area contributed by atoms with Gasteiger partial charge >= 0.3 is 0 Å². The van der Waals surface area contributed by atoms with Crippen molar-refractivity contribution in [3.8, 4) is 0 Å². The SMILES string of the molecule is Cc1noc(C)c1CN(C)S(=O)(=O)c1ccccc1N. The Balaban J connectivity index is 2.34. The molecule has 1 heterocycles. The lowest BCUT2D eigenvalue weighted by molar-refractivity contribution is 0.390. The summed E-state index contributed by atoms with van der Waals surface area (Å²) in [7, 11) is -2.13. The van der Waals surface area contributed by atoms with Crippen LogP contribution in [0, 0.1) is 13.8 Å². The first-order valence-electron chi connectivity index (χ1n) is 6.06. The van der Waals surface area contributed by atoms with Crippen molar-refractivity contribution in [2.45, 2.75) is 25.3 Å². The van der Waals surface area contributed by atoms with E-state index in [0.29, 0.717) is 11.5 Å². The fourth-order valence-corrected chi connectivity index (χ4v) is 3.17. The smallest absolute Gasteiger partial charge is 0.245 e. The molecule has 2 aromatic rings. The number of aromatic nitrogens is 1. The summed E-state index contributed by atoms with van der Waals surface area (Å²) in [5.74, 6) is 0.616. The fourth-order valence-electron chi connectivity index (χ4n) is 1.92. The van der Waals surface area contributed by atoms with Crippen LogP contribution in [0.5, 0.6) is 0 Å². The first-order chi connectivity index (χ1) is 9.34. The molecule has 0 aliphatic rings. The van der Waals surface area contributed by atoms with Gasteiger partial charge in [0, 0.05) is 19.2 Å². The maximum absolute atomic E-state index is 12.5. The van der Waals surface area contributed by atoms with Crippen LogP contribution in [-0.2, 0) is 16.6 Å². The third-order valence-electron chi connectivity index (χ3n) is 3.17. The zero-order chi connectivity index (χ0) is 14.9. The van der Waals surface area contributed by atoms with Crippen molar-refractivity contribution in [2.75, 3.05) is 12.8 Å². The molecule has 0 saturated heterocycles. The van der Waals surface area contributed by atoms with Gasteiger partial charge < -0.3 is 10.3 Å². The second-order valence-corrected chi connectivity index (χ2v) is 6.61. The molecule has 0 atom stereocenters. The Hall–Kier alpha value is -1.86. The molecule has 2 N–H and O–H groups in total. The van der Waals surface area contributed by atoms with Gasteiger partial charge in [0.15, 0.2) is 0 Å². The highest BCUT2D eigenvalue weighted by Gasteiger charge is 2.25. The van der Waals surface area contributed by atoms with Crippen molar-refractivity contribution in [3.63, 3.8) is 0 Å². The minimum absolute atomic E-state index is 0.106. The Kier molecular flexibility index (Phi) is 3.82. The van der Waals surface area contributed by atoms with Crippen molar-refractivity contribution in [3.05, 3.63) is 41.3 Å². The van der Waals surface area contributed by atoms with Gasteiger partial charge in [-0.15, -0.1) is 0 Å². The maximum Gasteiger partial charge on any atom is 0.245 e. The van der Waals surface area contributed by atoms with E-state index in [0.717, 1.165) is 5.56 Å². The van der Waals surface area contributed by atoms with Crippen molar-refractivity contribution in [1.29, 1.82) is 0 Å². The molecule has 0 saturated carbocycles. The van der Waals surface area contributed by atoms with Crippen molar-refractivity contribution in [2.24, 2.45) is 0 Å². The summed E-state index contributed by atoms with van der Waals surface area (Å²) in [6.07, 6.45) is 0. The molecule has 0 bridgehead atoms. The van der Waals surface area contributed by atoms with Crippen molar-refractivity contribution < 1.29 is 12.9 Å². The number of anilines is 1. The topological polar surface area (TPSA) is 89.4 Å². The van der Waals surface area contributed by atoms with Crippen LogP contribution in [0.25, 0.3) is 0 Å². The number of aryl methyl sites for hydroxylation is 2. The lowest BCUT2D eigenvalue weighted by Gasteiger charge is -2.18. The predicted molar refractivity (Wildman–Crippen MR) is 75.5 cm³/mol. The first kappa shape index (κ1) is 14.5. The Morgan fingerprint density at radius 3 is 2.50 bits per heavy atom. The highest BCUT2D eigenvalue weighted by Crippen LogP contribution is 2.23. The lowest BCUT2D eigenvalue weighted by Crippen LogP contribution is -2.27. The molecule has 0 aliphatic heterocycles. The molecule has 108 valence electrons. The van der Waals surface area contributed by atoms with Gasteiger partial charge in [0.25, 0.3) is 0 Å². The molecule has 0 fully saturated rings. The summed E-state index contributed by atoms with van der Waals surface area (Å²) in [6.45, 7) is 3.73. The highest BCUT2D eigenvalue weighted by atomic mass is 32.2. The molecule has 1 aromatic carbocycles. The second-order valence-electron chi connectivity index (χ2n) is 4.60. The first-order valence-corrected chi connectivity index (χ1v) is 7.50. The minimum atomic E-state index is -3.64. The van der Waals surface area contributed by atoms with Crippen LogP contribution in [0.4, 0.5) is 5.69 Å². The Labute approximate surface area is 118 Å². The number of benzene rings is 1. The molecule has 2 rings (SSSR count). The van der Waals surface area contributed by atoms with Gasteiger partial charge in [-0.05, 0) is 26.0 Å².